The van der Waals surface area contributed by atoms with Crippen LogP contribution in [0.15, 0.2) is 122 Å². The molecule has 0 amide bonds. The van der Waals surface area contributed by atoms with E-state index in [1.807, 2.05) is 60.7 Å². The maximum atomic E-state index is 12.8. The fraction of sp³-hybridized carbons (Fsp3) is 0.333. The molecule has 10 heteroatoms. The Morgan fingerprint density at radius 2 is 0.984 bits per heavy atom. The largest absolute Gasteiger partial charge is 0.493 e. The first-order valence-electron chi connectivity index (χ1n) is 21.4. The number of unbranched alkanes of at least 4 members (excludes halogenated alkanes) is 1. The van der Waals surface area contributed by atoms with E-state index in [1.54, 1.807) is 61.4 Å². The summed E-state index contributed by atoms with van der Waals surface area (Å²) in [7, 11) is 0. The molecule has 0 radical (unpaired) electrons. The van der Waals surface area contributed by atoms with Crippen LogP contribution in [0.4, 0.5) is 0 Å². The van der Waals surface area contributed by atoms with Gasteiger partial charge in [-0.15, -0.1) is 0 Å². The van der Waals surface area contributed by atoms with Crippen molar-refractivity contribution in [2.24, 2.45) is 11.8 Å². The van der Waals surface area contributed by atoms with Gasteiger partial charge in [0.05, 0.1) is 48.1 Å². The highest BCUT2D eigenvalue weighted by molar-refractivity contribution is 5.93. The first kappa shape index (κ1) is 45.7. The molecule has 0 saturated heterocycles. The van der Waals surface area contributed by atoms with Crippen molar-refractivity contribution in [1.29, 1.82) is 0 Å². The molecule has 0 spiro atoms. The van der Waals surface area contributed by atoms with Gasteiger partial charge in [-0.25, -0.2) is 9.59 Å². The van der Waals surface area contributed by atoms with Gasteiger partial charge in [-0.2, -0.15) is 0 Å². The van der Waals surface area contributed by atoms with E-state index < -0.39 is 11.9 Å². The lowest BCUT2D eigenvalue weighted by molar-refractivity contribution is 0.0726. The van der Waals surface area contributed by atoms with Crippen LogP contribution in [0.25, 0.3) is 22.5 Å². The monoisotopic (exact) mass is 822 g/mol. The van der Waals surface area contributed by atoms with E-state index in [-0.39, 0.29) is 0 Å². The zero-order valence-corrected chi connectivity index (χ0v) is 36.3. The van der Waals surface area contributed by atoms with Crippen molar-refractivity contribution in [3.05, 3.63) is 144 Å². The number of rotatable bonds is 19. The molecule has 0 saturated carbocycles. The van der Waals surface area contributed by atoms with Gasteiger partial charge in [0.2, 0.25) is 0 Å². The van der Waals surface area contributed by atoms with Crippen LogP contribution in [0.3, 0.4) is 0 Å². The maximum Gasteiger partial charge on any atom is 0.343 e. The fourth-order valence-corrected chi connectivity index (χ4v) is 5.97. The highest BCUT2D eigenvalue weighted by Crippen LogP contribution is 2.34. The van der Waals surface area contributed by atoms with Crippen LogP contribution >= 0.6 is 0 Å². The number of nitrogens with zero attached hydrogens (tertiary/aromatic N) is 4. The highest BCUT2D eigenvalue weighted by atomic mass is 16.5. The van der Waals surface area contributed by atoms with Crippen LogP contribution in [0.5, 0.6) is 23.0 Å². The summed E-state index contributed by atoms with van der Waals surface area (Å²) in [6, 6.07) is 26.0. The Hall–Kier alpha value is -6.42. The first-order chi connectivity index (χ1) is 29.7. The Labute approximate surface area is 360 Å². The topological polar surface area (TPSA) is 123 Å². The van der Waals surface area contributed by atoms with Crippen LogP contribution < -0.4 is 18.9 Å². The average Bonchev–Trinajstić information content (AvgIpc) is 3.31. The molecule has 0 bridgehead atoms. The summed E-state index contributed by atoms with van der Waals surface area (Å²) < 4.78 is 23.3. The van der Waals surface area contributed by atoms with Crippen molar-refractivity contribution in [1.82, 2.24) is 19.9 Å². The molecule has 2 heterocycles. The van der Waals surface area contributed by atoms with Gasteiger partial charge < -0.3 is 18.9 Å². The van der Waals surface area contributed by atoms with Gasteiger partial charge >= 0.3 is 11.9 Å². The summed E-state index contributed by atoms with van der Waals surface area (Å²) in [4.78, 5) is 42.5. The molecule has 318 valence electrons. The lowest BCUT2D eigenvalue weighted by Gasteiger charge is -2.14. The van der Waals surface area contributed by atoms with Crippen molar-refractivity contribution >= 4 is 11.9 Å². The van der Waals surface area contributed by atoms with E-state index in [4.69, 9.17) is 18.9 Å². The number of aryl methyl sites for hydroxylation is 2. The molecule has 4 aromatic carbocycles. The van der Waals surface area contributed by atoms with E-state index in [9.17, 15) is 9.59 Å². The molecule has 2 atom stereocenters. The molecule has 0 aliphatic carbocycles. The van der Waals surface area contributed by atoms with Gasteiger partial charge in [-0.3, -0.25) is 19.9 Å². The molecule has 0 aliphatic heterocycles. The van der Waals surface area contributed by atoms with Crippen molar-refractivity contribution in [3.63, 3.8) is 0 Å². The quantitative estimate of drug-likeness (QED) is 0.0576. The number of esters is 2. The molecular weight excluding hydrogens is 765 g/mol. The van der Waals surface area contributed by atoms with Crippen molar-refractivity contribution in [3.8, 4) is 45.5 Å². The third kappa shape index (κ3) is 14.1. The van der Waals surface area contributed by atoms with Crippen LogP contribution in [0.1, 0.15) is 105 Å². The normalized spacial score (nSPS) is 11.7. The predicted octanol–water partition coefficient (Wildman–Crippen LogP) is 11.9. The second kappa shape index (κ2) is 24.0. The third-order valence-corrected chi connectivity index (χ3v) is 10.2. The van der Waals surface area contributed by atoms with Crippen molar-refractivity contribution in [2.45, 2.75) is 86.5 Å². The summed E-state index contributed by atoms with van der Waals surface area (Å²) in [6.07, 6.45) is 17.2. The van der Waals surface area contributed by atoms with Gasteiger partial charge in [0, 0.05) is 35.9 Å². The minimum absolute atomic E-state index is 0.402. The Balaban J connectivity index is 0.000000231. The van der Waals surface area contributed by atoms with Gasteiger partial charge in [-0.05, 0) is 103 Å². The minimum atomic E-state index is -0.406. The maximum absolute atomic E-state index is 12.8. The zero-order chi connectivity index (χ0) is 43.4. The van der Waals surface area contributed by atoms with E-state index in [2.05, 4.69) is 61.5 Å². The Morgan fingerprint density at radius 1 is 0.541 bits per heavy atom. The number of ether oxygens (including phenoxy) is 4. The highest BCUT2D eigenvalue weighted by Gasteiger charge is 2.18. The van der Waals surface area contributed by atoms with Crippen LogP contribution in [0, 0.1) is 11.8 Å². The summed E-state index contributed by atoms with van der Waals surface area (Å²) in [6.45, 7) is 14.1. The number of hydrogen-bond donors (Lipinski definition) is 0. The molecular formula is C51H58N4O6. The van der Waals surface area contributed by atoms with Gasteiger partial charge in [0.1, 0.15) is 23.0 Å². The lowest BCUT2D eigenvalue weighted by Crippen LogP contribution is -2.10. The van der Waals surface area contributed by atoms with E-state index in [0.717, 1.165) is 44.9 Å². The molecule has 0 N–H and O–H groups in total. The summed E-state index contributed by atoms with van der Waals surface area (Å²) in [5.74, 6) is 2.37. The van der Waals surface area contributed by atoms with Gasteiger partial charge in [0.25, 0.3) is 0 Å². The van der Waals surface area contributed by atoms with Gasteiger partial charge in [-0.1, -0.05) is 91.5 Å². The average molecular weight is 823 g/mol. The van der Waals surface area contributed by atoms with E-state index >= 15 is 0 Å². The summed E-state index contributed by atoms with van der Waals surface area (Å²) in [5, 5.41) is 0. The minimum Gasteiger partial charge on any atom is -0.493 e. The molecule has 2 aromatic heterocycles. The molecule has 10 nitrogen and oxygen atoms in total. The van der Waals surface area contributed by atoms with Crippen LogP contribution in [-0.4, -0.2) is 45.1 Å². The number of aromatic nitrogens is 4. The van der Waals surface area contributed by atoms with Crippen LogP contribution in [-0.2, 0) is 12.8 Å². The predicted molar refractivity (Wildman–Crippen MR) is 240 cm³/mol. The van der Waals surface area contributed by atoms with Crippen molar-refractivity contribution < 1.29 is 28.5 Å². The Kier molecular flexibility index (Phi) is 18.0. The Morgan fingerprint density at radius 3 is 1.36 bits per heavy atom. The first-order valence-corrected chi connectivity index (χ1v) is 21.4. The molecule has 0 fully saturated rings. The summed E-state index contributed by atoms with van der Waals surface area (Å²) in [5.41, 5.74) is 6.03. The second-order valence-corrected chi connectivity index (χ2v) is 15.2. The Bertz CT molecular complexity index is 2250. The smallest absolute Gasteiger partial charge is 0.343 e. The van der Waals surface area contributed by atoms with E-state index in [0.29, 0.717) is 81.7 Å². The van der Waals surface area contributed by atoms with Gasteiger partial charge in [0.15, 0.2) is 0 Å². The van der Waals surface area contributed by atoms with Crippen molar-refractivity contribution in [2.75, 3.05) is 13.2 Å². The molecule has 2 unspecified atom stereocenters. The van der Waals surface area contributed by atoms with Crippen LogP contribution in [0.2, 0.25) is 0 Å². The number of carbonyl (C=O) groups is 2. The van der Waals surface area contributed by atoms with E-state index in [1.165, 1.54) is 11.1 Å². The number of benzene rings is 4. The third-order valence-electron chi connectivity index (χ3n) is 10.2. The molecule has 6 aromatic rings. The second-order valence-electron chi connectivity index (χ2n) is 15.2. The fourth-order valence-electron chi connectivity index (χ4n) is 5.97. The number of carbonyl (C=O) groups excluding carboxylic acids is 2. The summed E-state index contributed by atoms with van der Waals surface area (Å²) >= 11 is 0. The molecule has 61 heavy (non-hydrogen) atoms. The standard InChI is InChI=1S/C26H30N2O3.C25H28N2O3/c1-4-6-7-20-8-10-21(11-9-20)26(29)31-25-13-12-22(30-18-19(3)5-2)16-23(25)24-17-27-14-15-28-24;1-4-6-19-7-9-20(10-8-19)25(28)30-24-12-11-21(29-17-18(3)5-2)15-22(24)23-16-26-13-14-27-23/h8-17,19H,4-7,18H2,1-3H3;7-16,18H,4-6,17H2,1-3H3. The lowest BCUT2D eigenvalue weighted by atomic mass is 10.1. The molecule has 6 rings (SSSR count). The SMILES string of the molecule is CCCCc1ccc(C(=O)Oc2ccc(OCC(C)CC)cc2-c2cnccn2)cc1.CCCc1ccc(C(=O)Oc2ccc(OCC(C)CC)cc2-c2cnccn2)cc1. The number of hydrogen-bond acceptors (Lipinski definition) is 10. The zero-order valence-electron chi connectivity index (χ0n) is 36.3. The molecule has 0 aliphatic rings.